The van der Waals surface area contributed by atoms with E-state index in [1.165, 1.54) is 270 Å². The van der Waals surface area contributed by atoms with Crippen molar-refractivity contribution in [3.8, 4) is 0 Å². The number of ether oxygens (including phenoxy) is 6. The third-order valence-corrected chi connectivity index (χ3v) is 22.0. The molecule has 3 rings (SSSR count). The van der Waals surface area contributed by atoms with Crippen LogP contribution in [0.5, 0.6) is 0 Å². The minimum Gasteiger partial charge on any atom is -0.394 e. The van der Waals surface area contributed by atoms with Gasteiger partial charge in [0.2, 0.25) is 5.91 Å². The molecule has 0 bridgehead atoms. The number of amides is 1. The second-order valence-electron chi connectivity index (χ2n) is 31.7. The summed E-state index contributed by atoms with van der Waals surface area (Å²) in [5, 5.41) is 121. The topological polar surface area (TPSA) is 307 Å². The first-order chi connectivity index (χ1) is 53.3. The van der Waals surface area contributed by atoms with Crippen LogP contribution in [0.4, 0.5) is 0 Å². The van der Waals surface area contributed by atoms with E-state index in [4.69, 9.17) is 28.4 Å². The average molecular weight is 1550 g/mol. The smallest absolute Gasteiger partial charge is 0.220 e. The van der Waals surface area contributed by atoms with E-state index >= 15 is 0 Å². The molecule has 3 heterocycles. The van der Waals surface area contributed by atoms with Crippen molar-refractivity contribution in [1.82, 2.24) is 5.32 Å². The quantitative estimate of drug-likeness (QED) is 0.0199. The summed E-state index contributed by atoms with van der Waals surface area (Å²) in [4.78, 5) is 13.5. The Kier molecular flexibility index (Phi) is 64.1. The van der Waals surface area contributed by atoms with Crippen molar-refractivity contribution in [1.29, 1.82) is 0 Å². The Morgan fingerprint density at radius 3 is 0.982 bits per heavy atom. The molecule has 0 aliphatic carbocycles. The lowest BCUT2D eigenvalue weighted by atomic mass is 9.96. The second kappa shape index (κ2) is 69.5. The highest BCUT2D eigenvalue weighted by Gasteiger charge is 2.54. The number of unbranched alkanes of at least 4 members (excludes halogenated alkanes) is 46. The number of carbonyl (C=O) groups is 1. The lowest BCUT2D eigenvalue weighted by molar-refractivity contribution is -0.379. The zero-order valence-electron chi connectivity index (χ0n) is 68.5. The van der Waals surface area contributed by atoms with E-state index in [1.807, 2.05) is 6.08 Å². The van der Waals surface area contributed by atoms with Gasteiger partial charge in [0.15, 0.2) is 18.9 Å². The summed E-state index contributed by atoms with van der Waals surface area (Å²) >= 11 is 0. The first-order valence-corrected chi connectivity index (χ1v) is 44.7. The van der Waals surface area contributed by atoms with E-state index in [1.54, 1.807) is 6.08 Å². The fourth-order valence-corrected chi connectivity index (χ4v) is 14.8. The summed E-state index contributed by atoms with van der Waals surface area (Å²) in [5.41, 5.74) is 0. The van der Waals surface area contributed by atoms with Gasteiger partial charge in [-0.1, -0.05) is 344 Å². The van der Waals surface area contributed by atoms with Gasteiger partial charge in [-0.05, 0) is 83.5 Å². The molecule has 109 heavy (non-hydrogen) atoms. The van der Waals surface area contributed by atoms with E-state index in [-0.39, 0.29) is 18.9 Å². The Hall–Kier alpha value is -2.77. The molecule has 0 spiro atoms. The maximum atomic E-state index is 13.5. The number of hydrogen-bond acceptors (Lipinski definition) is 18. The van der Waals surface area contributed by atoms with Crippen molar-refractivity contribution in [2.45, 2.75) is 465 Å². The Bertz CT molecular complexity index is 2250. The van der Waals surface area contributed by atoms with Gasteiger partial charge in [0.25, 0.3) is 0 Å². The minimum absolute atomic E-state index is 0.232. The highest BCUT2D eigenvalue weighted by Crippen LogP contribution is 2.33. The molecule has 1 amide bonds. The van der Waals surface area contributed by atoms with Crippen molar-refractivity contribution in [3.63, 3.8) is 0 Å². The van der Waals surface area contributed by atoms with Crippen LogP contribution in [0.1, 0.15) is 361 Å². The highest BCUT2D eigenvalue weighted by molar-refractivity contribution is 5.76. The fourth-order valence-electron chi connectivity index (χ4n) is 14.8. The Morgan fingerprint density at radius 2 is 0.615 bits per heavy atom. The van der Waals surface area contributed by atoms with Crippen LogP contribution in [0.3, 0.4) is 0 Å². The van der Waals surface area contributed by atoms with Gasteiger partial charge in [0.1, 0.15) is 73.2 Å². The molecule has 0 aromatic rings. The van der Waals surface area contributed by atoms with Crippen molar-refractivity contribution in [2.75, 3.05) is 26.4 Å². The minimum atomic E-state index is -1.99. The molecule has 636 valence electrons. The number of aliphatic hydroxyl groups excluding tert-OH is 11. The van der Waals surface area contributed by atoms with Crippen molar-refractivity contribution in [3.05, 3.63) is 72.9 Å². The van der Waals surface area contributed by atoms with Gasteiger partial charge < -0.3 is 89.9 Å². The maximum Gasteiger partial charge on any atom is 0.220 e. The highest BCUT2D eigenvalue weighted by atomic mass is 16.8. The van der Waals surface area contributed by atoms with Gasteiger partial charge in [0.05, 0.1) is 38.6 Å². The third kappa shape index (κ3) is 48.4. The fraction of sp³-hybridized carbons (Fsp3) is 0.856. The zero-order chi connectivity index (χ0) is 78.8. The number of carbonyl (C=O) groups excluding carboxylic acids is 1. The molecular formula is C90H163NO18. The molecule has 17 atom stereocenters. The summed E-state index contributed by atoms with van der Waals surface area (Å²) in [6.07, 6.45) is 66.3. The van der Waals surface area contributed by atoms with Gasteiger partial charge >= 0.3 is 0 Å². The molecule has 19 heteroatoms. The average Bonchev–Trinajstić information content (AvgIpc) is 0.782. The van der Waals surface area contributed by atoms with E-state index < -0.39 is 124 Å². The van der Waals surface area contributed by atoms with Crippen LogP contribution in [0.15, 0.2) is 72.9 Å². The van der Waals surface area contributed by atoms with Gasteiger partial charge in [-0.25, -0.2) is 0 Å². The molecule has 0 radical (unpaired) electrons. The lowest BCUT2D eigenvalue weighted by Gasteiger charge is -2.48. The van der Waals surface area contributed by atoms with Crippen molar-refractivity contribution >= 4 is 5.91 Å². The van der Waals surface area contributed by atoms with E-state index in [9.17, 15) is 61.0 Å². The number of allylic oxidation sites excluding steroid dienone is 11. The molecule has 0 aromatic carbocycles. The molecule has 0 saturated carbocycles. The molecule has 3 fully saturated rings. The third-order valence-electron chi connectivity index (χ3n) is 22.0. The van der Waals surface area contributed by atoms with Crippen molar-refractivity contribution < 1.29 is 89.4 Å². The predicted octanol–water partition coefficient (Wildman–Crippen LogP) is 16.7. The molecule has 19 nitrogen and oxygen atoms in total. The number of rotatable bonds is 72. The van der Waals surface area contributed by atoms with E-state index in [0.29, 0.717) is 12.8 Å². The Balaban J connectivity index is 1.35. The SMILES string of the molecule is CCCCCCC/C=C\C/C=C\C/C=C\CCCCCCCCCCCCCCCCCCCCC(=O)NC(COC1OC(CO)C(OC2OC(CO)C(OC3OC(CO)C(O)C(O)C3O)C(O)C2O)C(O)C1O)C(O)/C=C/CC/C=C/CC/C=C/CCCCCCCCCCCCCCCCCCCCCCC. The molecule has 3 aliphatic rings. The largest absolute Gasteiger partial charge is 0.394 e. The molecule has 12 N–H and O–H groups in total. The lowest BCUT2D eigenvalue weighted by Crippen LogP contribution is -2.66. The van der Waals surface area contributed by atoms with Crippen LogP contribution in [-0.4, -0.2) is 193 Å². The maximum absolute atomic E-state index is 13.5. The monoisotopic (exact) mass is 1550 g/mol. The van der Waals surface area contributed by atoms with Gasteiger partial charge in [-0.3, -0.25) is 4.79 Å². The van der Waals surface area contributed by atoms with Gasteiger partial charge in [0, 0.05) is 6.42 Å². The van der Waals surface area contributed by atoms with Gasteiger partial charge in [-0.15, -0.1) is 0 Å². The predicted molar refractivity (Wildman–Crippen MR) is 438 cm³/mol. The second-order valence-corrected chi connectivity index (χ2v) is 31.7. The molecule has 17 unspecified atom stereocenters. The van der Waals surface area contributed by atoms with Crippen LogP contribution >= 0.6 is 0 Å². The summed E-state index contributed by atoms with van der Waals surface area (Å²) in [6, 6.07) is -1.00. The van der Waals surface area contributed by atoms with Crippen LogP contribution < -0.4 is 5.32 Å². The Labute approximate surface area is 661 Å². The van der Waals surface area contributed by atoms with E-state index in [2.05, 4.69) is 79.9 Å². The normalized spacial score (nSPS) is 25.6. The van der Waals surface area contributed by atoms with Crippen LogP contribution in [0.25, 0.3) is 0 Å². The molecule has 3 aliphatic heterocycles. The number of aliphatic hydroxyl groups is 11. The Morgan fingerprint density at radius 1 is 0.330 bits per heavy atom. The summed E-state index contributed by atoms with van der Waals surface area (Å²) < 4.78 is 34.5. The number of hydrogen-bond donors (Lipinski definition) is 12. The van der Waals surface area contributed by atoms with Crippen LogP contribution in [-0.2, 0) is 33.2 Å². The zero-order valence-corrected chi connectivity index (χ0v) is 68.5. The summed E-state index contributed by atoms with van der Waals surface area (Å²) in [5.74, 6) is -0.286. The number of nitrogens with one attached hydrogen (secondary N) is 1. The summed E-state index contributed by atoms with van der Waals surface area (Å²) in [6.45, 7) is 1.75. The first-order valence-electron chi connectivity index (χ1n) is 44.7. The first kappa shape index (κ1) is 100. The summed E-state index contributed by atoms with van der Waals surface area (Å²) in [7, 11) is 0. The standard InChI is InChI=1S/C90H163NO18/c1-3-5-7-9-11-13-15-17-19-21-23-25-27-29-31-33-35-36-38-40-42-44-46-48-50-52-54-56-58-60-62-64-66-68-78(96)91-73(74(95)67-65-63-61-59-57-55-53-51-49-47-45-43-41-39-37-34-32-30-28-26-24-22-20-18-16-14-12-10-8-6-4-2)72-104-88-84(102)81(99)86(76(70-93)106-88)109-90-85(103)82(100)87(77(71-94)107-90)108-89-83(101)80(98)79(97)75(69-92)105-89/h15,17,21,23,27,29,49,51,57,59,65,67,73-77,79-90,92-95,97-103H,3-14,16,18-20,22,24-26,28,30-48,50,52-56,58,60-64,66,68-72H2,1-2H3,(H,91,96)/b17-15-,23-21-,29-27-,51-49+,59-57+,67-65+. The van der Waals surface area contributed by atoms with Crippen LogP contribution in [0, 0.1) is 0 Å². The van der Waals surface area contributed by atoms with Gasteiger partial charge in [-0.2, -0.15) is 0 Å². The van der Waals surface area contributed by atoms with E-state index in [0.717, 1.165) is 57.8 Å². The molecule has 3 saturated heterocycles. The van der Waals surface area contributed by atoms with Crippen LogP contribution in [0.2, 0.25) is 0 Å². The molecule has 0 aromatic heterocycles. The van der Waals surface area contributed by atoms with Crippen molar-refractivity contribution in [2.24, 2.45) is 0 Å². The molecular weight excluding hydrogens is 1380 g/mol.